The first-order chi connectivity index (χ1) is 9.04. The van der Waals surface area contributed by atoms with Gasteiger partial charge in [0.05, 0.1) is 0 Å². The van der Waals surface area contributed by atoms with Gasteiger partial charge in [-0.15, -0.1) is 0 Å². The molecule has 2 nitrogen and oxygen atoms in total. The van der Waals surface area contributed by atoms with E-state index in [2.05, 4.69) is 55.4 Å². The lowest BCUT2D eigenvalue weighted by Gasteiger charge is -2.55. The van der Waals surface area contributed by atoms with Gasteiger partial charge in [-0.3, -0.25) is 0 Å². The normalized spacial score (nSPS) is 19.2. The van der Waals surface area contributed by atoms with Crippen LogP contribution in [0.5, 0.6) is 0 Å². The van der Waals surface area contributed by atoms with Crippen molar-refractivity contribution in [3.05, 3.63) is 0 Å². The van der Waals surface area contributed by atoms with Gasteiger partial charge in [-0.2, -0.15) is 0 Å². The third-order valence-corrected chi connectivity index (χ3v) is 10.6. The summed E-state index contributed by atoms with van der Waals surface area (Å²) in [5.41, 5.74) is 0.570. The zero-order chi connectivity index (χ0) is 16.0. The van der Waals surface area contributed by atoms with Crippen molar-refractivity contribution in [1.82, 2.24) is 0 Å². The molecule has 0 rings (SSSR count). The topological polar surface area (TPSA) is 18.5 Å². The number of rotatable bonds is 9. The van der Waals surface area contributed by atoms with Crippen LogP contribution in [0.1, 0.15) is 74.7 Å². The second-order valence-electron chi connectivity index (χ2n) is 8.09. The van der Waals surface area contributed by atoms with E-state index >= 15 is 0 Å². The molecule has 0 aliphatic heterocycles. The molecule has 0 heterocycles. The van der Waals surface area contributed by atoms with Crippen LogP contribution in [-0.2, 0) is 8.23 Å². The van der Waals surface area contributed by atoms with E-state index < -0.39 is 19.8 Å². The van der Waals surface area contributed by atoms with Crippen LogP contribution in [0, 0.1) is 16.7 Å². The third kappa shape index (κ3) is 4.80. The van der Waals surface area contributed by atoms with Gasteiger partial charge in [-0.25, -0.2) is 0 Å². The molecule has 0 amide bonds. The molecule has 0 spiro atoms. The molecule has 122 valence electrons. The summed E-state index contributed by atoms with van der Waals surface area (Å²) < 4.78 is 11.5. The highest BCUT2D eigenvalue weighted by molar-refractivity contribution is 6.44. The fourth-order valence-electron chi connectivity index (χ4n) is 2.96. The zero-order valence-corrected chi connectivity index (χ0v) is 20.3. The molecule has 0 bridgehead atoms. The van der Waals surface area contributed by atoms with Crippen molar-refractivity contribution in [1.29, 1.82) is 0 Å². The molecule has 0 radical (unpaired) electrons. The van der Waals surface area contributed by atoms with Crippen molar-refractivity contribution in [2.45, 2.75) is 79.7 Å². The van der Waals surface area contributed by atoms with Crippen LogP contribution in [0.3, 0.4) is 0 Å². The van der Waals surface area contributed by atoms with Gasteiger partial charge in [0.25, 0.3) is 10.0 Å². The SMILES string of the molecule is CCCCC(C)C(C)([SiH2]O[SiH2]O[SiH3])C(C)(C)C(C)(C)C. The van der Waals surface area contributed by atoms with Gasteiger partial charge < -0.3 is 8.23 Å². The summed E-state index contributed by atoms with van der Waals surface area (Å²) in [5, 5.41) is 0.327. The number of hydrogen-bond acceptors (Lipinski definition) is 2. The lowest BCUT2D eigenvalue weighted by molar-refractivity contribution is 0.0380. The number of hydrogen-bond donors (Lipinski definition) is 0. The van der Waals surface area contributed by atoms with Gasteiger partial charge in [-0.1, -0.05) is 74.7 Å². The molecule has 0 aliphatic carbocycles. The molecule has 0 saturated carbocycles. The average molecular weight is 335 g/mol. The van der Waals surface area contributed by atoms with E-state index in [0.717, 1.165) is 16.4 Å². The molecule has 0 N–H and O–H groups in total. The lowest BCUT2D eigenvalue weighted by atomic mass is 9.58. The molecule has 0 fully saturated rings. The third-order valence-electron chi connectivity index (χ3n) is 5.98. The van der Waals surface area contributed by atoms with E-state index in [1.165, 1.54) is 19.3 Å². The Balaban J connectivity index is 5.23. The molecule has 0 aromatic heterocycles. The predicted octanol–water partition coefficient (Wildman–Crippen LogP) is 2.46. The standard InChI is InChI=1S/C15H38O2Si3/c1-9-10-11-12(2)15(8,19-17-20-16-18)14(6,7)13(3,4)5/h12H,9-11,19-20H2,1-8,18H3. The van der Waals surface area contributed by atoms with E-state index in [-0.39, 0.29) is 5.41 Å². The minimum absolute atomic E-state index is 0.277. The Bertz CT molecular complexity index is 277. The molecule has 5 heteroatoms. The van der Waals surface area contributed by atoms with Crippen molar-refractivity contribution in [2.75, 3.05) is 0 Å². The smallest absolute Gasteiger partial charge is 0.282 e. The van der Waals surface area contributed by atoms with Crippen LogP contribution in [0.15, 0.2) is 0 Å². The summed E-state index contributed by atoms with van der Waals surface area (Å²) in [5.74, 6) is 0.728. The summed E-state index contributed by atoms with van der Waals surface area (Å²) in [7, 11) is -0.442. The van der Waals surface area contributed by atoms with Gasteiger partial charge in [0.15, 0.2) is 9.76 Å². The summed E-state index contributed by atoms with van der Waals surface area (Å²) in [6.07, 6.45) is 3.95. The highest BCUT2D eigenvalue weighted by Crippen LogP contribution is 2.60. The van der Waals surface area contributed by atoms with Crippen LogP contribution in [0.2, 0.25) is 5.04 Å². The highest BCUT2D eigenvalue weighted by atomic mass is 28.3. The Morgan fingerprint density at radius 2 is 1.65 bits per heavy atom. The molecule has 0 aromatic carbocycles. The second-order valence-corrected chi connectivity index (χ2v) is 14.0. The first kappa shape index (κ1) is 20.6. The van der Waals surface area contributed by atoms with Gasteiger partial charge >= 0.3 is 0 Å². The Kier molecular flexibility index (Phi) is 8.50. The monoisotopic (exact) mass is 334 g/mol. The maximum atomic E-state index is 6.12. The van der Waals surface area contributed by atoms with Gasteiger partial charge in [0, 0.05) is 0 Å². The van der Waals surface area contributed by atoms with E-state index in [1.54, 1.807) is 0 Å². The zero-order valence-electron chi connectivity index (χ0n) is 15.4. The molecular formula is C15H38O2Si3. The quantitative estimate of drug-likeness (QED) is 0.476. The maximum absolute atomic E-state index is 6.12. The fourth-order valence-corrected chi connectivity index (χ4v) is 8.54. The van der Waals surface area contributed by atoms with Crippen molar-refractivity contribution in [3.8, 4) is 0 Å². The predicted molar refractivity (Wildman–Crippen MR) is 99.5 cm³/mol. The Morgan fingerprint density at radius 3 is 2.05 bits per heavy atom. The Labute approximate surface area is 135 Å². The molecule has 2 unspecified atom stereocenters. The maximum Gasteiger partial charge on any atom is 0.282 e. The molecule has 20 heavy (non-hydrogen) atoms. The Hall–Kier alpha value is 0.571. The fraction of sp³-hybridized carbons (Fsp3) is 1.00. The molecule has 0 aliphatic rings. The number of unbranched alkanes of at least 4 members (excludes halogenated alkanes) is 1. The largest absolute Gasteiger partial charge is 0.449 e. The lowest BCUT2D eigenvalue weighted by Crippen LogP contribution is -2.47. The van der Waals surface area contributed by atoms with Crippen molar-refractivity contribution in [3.63, 3.8) is 0 Å². The van der Waals surface area contributed by atoms with Crippen LogP contribution < -0.4 is 0 Å². The second kappa shape index (κ2) is 8.27. The summed E-state index contributed by atoms with van der Waals surface area (Å²) in [4.78, 5) is 0. The van der Waals surface area contributed by atoms with Crippen molar-refractivity contribution in [2.24, 2.45) is 16.7 Å². The summed E-state index contributed by atoms with van der Waals surface area (Å²) in [6.45, 7) is 19.3. The Morgan fingerprint density at radius 1 is 1.10 bits per heavy atom. The minimum Gasteiger partial charge on any atom is -0.449 e. The van der Waals surface area contributed by atoms with Crippen LogP contribution in [0.25, 0.3) is 0 Å². The van der Waals surface area contributed by atoms with Crippen molar-refractivity contribution < 1.29 is 8.23 Å². The van der Waals surface area contributed by atoms with E-state index in [0.29, 0.717) is 10.5 Å². The average Bonchev–Trinajstić information content (AvgIpc) is 2.34. The van der Waals surface area contributed by atoms with Crippen LogP contribution in [-0.4, -0.2) is 30.3 Å². The van der Waals surface area contributed by atoms with E-state index in [1.807, 2.05) is 0 Å². The molecule has 2 atom stereocenters. The van der Waals surface area contributed by atoms with E-state index in [4.69, 9.17) is 8.23 Å². The molecule has 0 aromatic rings. The summed E-state index contributed by atoms with van der Waals surface area (Å²) >= 11 is 0. The minimum atomic E-state index is -0.688. The van der Waals surface area contributed by atoms with Crippen LogP contribution >= 0.6 is 0 Å². The molecule has 0 saturated heterocycles. The highest BCUT2D eigenvalue weighted by Gasteiger charge is 2.51. The molecular weight excluding hydrogens is 296 g/mol. The van der Waals surface area contributed by atoms with Gasteiger partial charge in [-0.05, 0) is 21.8 Å². The van der Waals surface area contributed by atoms with Gasteiger partial charge in [0.1, 0.15) is 10.5 Å². The summed E-state index contributed by atoms with van der Waals surface area (Å²) in [6, 6.07) is 0. The van der Waals surface area contributed by atoms with Crippen LogP contribution in [0.4, 0.5) is 0 Å². The first-order valence-electron chi connectivity index (χ1n) is 8.11. The van der Waals surface area contributed by atoms with Gasteiger partial charge in [0.2, 0.25) is 0 Å². The first-order valence-corrected chi connectivity index (χ1v) is 11.4. The van der Waals surface area contributed by atoms with E-state index in [9.17, 15) is 0 Å². The van der Waals surface area contributed by atoms with Crippen molar-refractivity contribution >= 4 is 30.3 Å².